The van der Waals surface area contributed by atoms with Gasteiger partial charge in [-0.25, -0.2) is 0 Å². The van der Waals surface area contributed by atoms with Gasteiger partial charge < -0.3 is 15.2 Å². The first kappa shape index (κ1) is 11.8. The minimum atomic E-state index is -0.262. The number of aliphatic hydroxyl groups excluding tert-OH is 1. The highest BCUT2D eigenvalue weighted by Crippen LogP contribution is 2.29. The molecule has 0 bridgehead atoms. The molecule has 0 saturated carbocycles. The van der Waals surface area contributed by atoms with Crippen molar-refractivity contribution in [1.29, 1.82) is 0 Å². The molecular weight excluding hydrogens is 272 g/mol. The SMILES string of the molecule is OCC1(Nc2ccncc2Br)CCOCC1. The summed E-state index contributed by atoms with van der Waals surface area (Å²) >= 11 is 3.44. The van der Waals surface area contributed by atoms with Crippen LogP contribution in [0.25, 0.3) is 0 Å². The Morgan fingerprint density at radius 3 is 2.88 bits per heavy atom. The highest BCUT2D eigenvalue weighted by molar-refractivity contribution is 9.10. The van der Waals surface area contributed by atoms with Gasteiger partial charge in [-0.15, -0.1) is 0 Å². The Morgan fingerprint density at radius 1 is 1.50 bits per heavy atom. The summed E-state index contributed by atoms with van der Waals surface area (Å²) in [4.78, 5) is 4.01. The van der Waals surface area contributed by atoms with E-state index >= 15 is 0 Å². The van der Waals surface area contributed by atoms with Crippen LogP contribution in [-0.4, -0.2) is 35.5 Å². The molecule has 1 saturated heterocycles. The quantitative estimate of drug-likeness (QED) is 0.890. The van der Waals surface area contributed by atoms with Crippen molar-refractivity contribution in [3.05, 3.63) is 22.9 Å². The molecule has 1 aromatic rings. The van der Waals surface area contributed by atoms with Gasteiger partial charge in [0.1, 0.15) is 0 Å². The number of nitrogens with one attached hydrogen (secondary N) is 1. The number of anilines is 1. The second-order valence-corrected chi connectivity index (χ2v) is 4.89. The fraction of sp³-hybridized carbons (Fsp3) is 0.545. The minimum absolute atomic E-state index is 0.116. The monoisotopic (exact) mass is 286 g/mol. The Hall–Kier alpha value is -0.650. The molecule has 1 fully saturated rings. The maximum Gasteiger partial charge on any atom is 0.0663 e. The van der Waals surface area contributed by atoms with Crippen LogP contribution in [0.1, 0.15) is 12.8 Å². The second kappa shape index (κ2) is 5.12. The Balaban J connectivity index is 2.15. The van der Waals surface area contributed by atoms with Crippen LogP contribution >= 0.6 is 15.9 Å². The predicted molar refractivity (Wildman–Crippen MR) is 65.4 cm³/mol. The fourth-order valence-electron chi connectivity index (χ4n) is 1.85. The number of halogens is 1. The van der Waals surface area contributed by atoms with Crippen molar-refractivity contribution in [2.24, 2.45) is 0 Å². The summed E-state index contributed by atoms with van der Waals surface area (Å²) in [7, 11) is 0. The standard InChI is InChI=1S/C11H15BrN2O2/c12-9-7-13-4-1-10(9)14-11(8-15)2-5-16-6-3-11/h1,4,7,15H,2-3,5-6,8H2,(H,13,14). The van der Waals surface area contributed by atoms with Crippen LogP contribution in [0, 0.1) is 0 Å². The molecule has 0 amide bonds. The fourth-order valence-corrected chi connectivity index (χ4v) is 2.20. The van der Waals surface area contributed by atoms with Gasteiger partial charge in [-0.05, 0) is 34.8 Å². The lowest BCUT2D eigenvalue weighted by molar-refractivity contribution is 0.0380. The van der Waals surface area contributed by atoms with Crippen LogP contribution in [0.3, 0.4) is 0 Å². The molecule has 2 rings (SSSR count). The molecule has 2 heterocycles. The Kier molecular flexibility index (Phi) is 3.78. The number of hydrogen-bond donors (Lipinski definition) is 2. The zero-order chi connectivity index (χ0) is 11.4. The van der Waals surface area contributed by atoms with Crippen LogP contribution in [-0.2, 0) is 4.74 Å². The van der Waals surface area contributed by atoms with E-state index in [-0.39, 0.29) is 12.1 Å². The van der Waals surface area contributed by atoms with Gasteiger partial charge in [-0.2, -0.15) is 0 Å². The number of pyridine rings is 1. The van der Waals surface area contributed by atoms with Crippen molar-refractivity contribution in [1.82, 2.24) is 4.98 Å². The van der Waals surface area contributed by atoms with Gasteiger partial charge in [0.15, 0.2) is 0 Å². The van der Waals surface area contributed by atoms with Gasteiger partial charge >= 0.3 is 0 Å². The average molecular weight is 287 g/mol. The highest BCUT2D eigenvalue weighted by Gasteiger charge is 2.32. The van der Waals surface area contributed by atoms with E-state index in [9.17, 15) is 5.11 Å². The first-order valence-electron chi connectivity index (χ1n) is 5.32. The lowest BCUT2D eigenvalue weighted by Crippen LogP contribution is -2.47. The first-order valence-corrected chi connectivity index (χ1v) is 6.11. The zero-order valence-electron chi connectivity index (χ0n) is 8.95. The van der Waals surface area contributed by atoms with Crippen molar-refractivity contribution in [2.45, 2.75) is 18.4 Å². The number of rotatable bonds is 3. The molecule has 5 heteroatoms. The first-order chi connectivity index (χ1) is 7.76. The van der Waals surface area contributed by atoms with Gasteiger partial charge in [-0.3, -0.25) is 4.98 Å². The molecule has 0 atom stereocenters. The van der Waals surface area contributed by atoms with Crippen molar-refractivity contribution in [3.63, 3.8) is 0 Å². The number of aliphatic hydroxyl groups is 1. The van der Waals surface area contributed by atoms with Gasteiger partial charge in [0.2, 0.25) is 0 Å². The summed E-state index contributed by atoms with van der Waals surface area (Å²) in [6.45, 7) is 1.50. The molecule has 0 radical (unpaired) electrons. The molecule has 4 nitrogen and oxygen atoms in total. The van der Waals surface area contributed by atoms with Gasteiger partial charge in [0.05, 0.1) is 22.3 Å². The van der Waals surface area contributed by atoms with Crippen molar-refractivity contribution < 1.29 is 9.84 Å². The normalized spacial score (nSPS) is 19.4. The third-order valence-electron chi connectivity index (χ3n) is 2.92. The van der Waals surface area contributed by atoms with Gasteiger partial charge in [0.25, 0.3) is 0 Å². The smallest absolute Gasteiger partial charge is 0.0663 e. The molecule has 16 heavy (non-hydrogen) atoms. The maximum atomic E-state index is 9.54. The minimum Gasteiger partial charge on any atom is -0.394 e. The maximum absolute atomic E-state index is 9.54. The molecule has 0 spiro atoms. The van der Waals surface area contributed by atoms with E-state index in [1.54, 1.807) is 12.4 Å². The molecule has 1 aromatic heterocycles. The van der Waals surface area contributed by atoms with E-state index < -0.39 is 0 Å². The average Bonchev–Trinajstić information content (AvgIpc) is 2.33. The van der Waals surface area contributed by atoms with Crippen LogP contribution in [0.15, 0.2) is 22.9 Å². The summed E-state index contributed by atoms with van der Waals surface area (Å²) in [5, 5.41) is 12.9. The zero-order valence-corrected chi connectivity index (χ0v) is 10.5. The molecule has 1 aliphatic heterocycles. The number of aromatic nitrogens is 1. The van der Waals surface area contributed by atoms with Gasteiger partial charge in [0, 0.05) is 25.6 Å². The van der Waals surface area contributed by atoms with Crippen molar-refractivity contribution in [3.8, 4) is 0 Å². The Bertz CT molecular complexity index is 354. The van der Waals surface area contributed by atoms with E-state index in [2.05, 4.69) is 26.2 Å². The van der Waals surface area contributed by atoms with E-state index in [1.165, 1.54) is 0 Å². The summed E-state index contributed by atoms with van der Waals surface area (Å²) < 4.78 is 6.23. The molecular formula is C11H15BrN2O2. The second-order valence-electron chi connectivity index (χ2n) is 4.03. The molecule has 88 valence electrons. The van der Waals surface area contributed by atoms with Crippen LogP contribution in [0.4, 0.5) is 5.69 Å². The van der Waals surface area contributed by atoms with E-state index in [4.69, 9.17) is 4.74 Å². The largest absolute Gasteiger partial charge is 0.394 e. The molecule has 0 unspecified atom stereocenters. The third kappa shape index (κ3) is 2.53. The lowest BCUT2D eigenvalue weighted by atomic mass is 9.91. The lowest BCUT2D eigenvalue weighted by Gasteiger charge is -2.37. The summed E-state index contributed by atoms with van der Waals surface area (Å²) in [5.41, 5.74) is 0.702. The Morgan fingerprint density at radius 2 is 2.25 bits per heavy atom. The molecule has 0 aromatic carbocycles. The van der Waals surface area contributed by atoms with E-state index in [0.717, 1.165) is 23.0 Å². The highest BCUT2D eigenvalue weighted by atomic mass is 79.9. The predicted octanol–water partition coefficient (Wildman–Crippen LogP) is 1.80. The summed E-state index contributed by atoms with van der Waals surface area (Å²) in [5.74, 6) is 0. The van der Waals surface area contributed by atoms with Crippen molar-refractivity contribution >= 4 is 21.6 Å². The number of hydrogen-bond acceptors (Lipinski definition) is 4. The van der Waals surface area contributed by atoms with E-state index in [1.807, 2.05) is 6.07 Å². The third-order valence-corrected chi connectivity index (χ3v) is 3.56. The van der Waals surface area contributed by atoms with Crippen LogP contribution in [0.5, 0.6) is 0 Å². The van der Waals surface area contributed by atoms with Gasteiger partial charge in [-0.1, -0.05) is 0 Å². The topological polar surface area (TPSA) is 54.4 Å². The molecule has 1 aliphatic rings. The summed E-state index contributed by atoms with van der Waals surface area (Å²) in [6.07, 6.45) is 5.11. The molecule has 0 aliphatic carbocycles. The van der Waals surface area contributed by atoms with Crippen molar-refractivity contribution in [2.75, 3.05) is 25.1 Å². The number of ether oxygens (including phenoxy) is 1. The number of nitrogens with zero attached hydrogens (tertiary/aromatic N) is 1. The molecule has 2 N–H and O–H groups in total. The van der Waals surface area contributed by atoms with Crippen LogP contribution < -0.4 is 5.32 Å². The van der Waals surface area contributed by atoms with Crippen LogP contribution in [0.2, 0.25) is 0 Å². The summed E-state index contributed by atoms with van der Waals surface area (Å²) in [6, 6.07) is 1.90. The van der Waals surface area contributed by atoms with E-state index in [0.29, 0.717) is 13.2 Å². The Labute approximate surface area is 103 Å².